The Morgan fingerprint density at radius 3 is 2.69 bits per heavy atom. The van der Waals surface area contributed by atoms with Gasteiger partial charge in [-0.1, -0.05) is 0 Å². The fraction of sp³-hybridized carbons (Fsp3) is 0.889. The second-order valence-electron chi connectivity index (χ2n) is 3.46. The van der Waals surface area contributed by atoms with Gasteiger partial charge in [-0.3, -0.25) is 4.79 Å². The minimum absolute atomic E-state index is 0.202. The van der Waals surface area contributed by atoms with Gasteiger partial charge >= 0.3 is 5.97 Å². The molecule has 4 nitrogen and oxygen atoms in total. The minimum atomic E-state index is -0.398. The van der Waals surface area contributed by atoms with E-state index < -0.39 is 5.54 Å². The van der Waals surface area contributed by atoms with Crippen LogP contribution in [0, 0.1) is 0 Å². The van der Waals surface area contributed by atoms with E-state index in [0.717, 1.165) is 12.8 Å². The molecule has 1 fully saturated rings. The third kappa shape index (κ3) is 3.32. The van der Waals surface area contributed by atoms with E-state index in [1.807, 2.05) is 0 Å². The van der Waals surface area contributed by atoms with Crippen molar-refractivity contribution in [2.75, 3.05) is 19.8 Å². The Kier molecular flexibility index (Phi) is 3.69. The summed E-state index contributed by atoms with van der Waals surface area (Å²) >= 11 is 0. The van der Waals surface area contributed by atoms with Crippen LogP contribution in [0.4, 0.5) is 0 Å². The van der Waals surface area contributed by atoms with Gasteiger partial charge in [0.05, 0.1) is 13.0 Å². The monoisotopic (exact) mass is 187 g/mol. The molecule has 1 heterocycles. The second-order valence-corrected chi connectivity index (χ2v) is 3.46. The Bertz CT molecular complexity index is 176. The first kappa shape index (κ1) is 10.5. The predicted molar refractivity (Wildman–Crippen MR) is 48.2 cm³/mol. The van der Waals surface area contributed by atoms with Gasteiger partial charge < -0.3 is 15.2 Å². The molecule has 1 rings (SSSR count). The maximum absolute atomic E-state index is 11.2. The molecule has 2 N–H and O–H groups in total. The van der Waals surface area contributed by atoms with Gasteiger partial charge in [0.1, 0.15) is 0 Å². The van der Waals surface area contributed by atoms with Crippen molar-refractivity contribution in [2.24, 2.45) is 5.73 Å². The van der Waals surface area contributed by atoms with Crippen LogP contribution in [0.2, 0.25) is 0 Å². The first-order valence-electron chi connectivity index (χ1n) is 4.68. The molecule has 76 valence electrons. The smallest absolute Gasteiger partial charge is 0.307 e. The molecule has 1 aliphatic rings. The molecule has 0 aromatic rings. The Morgan fingerprint density at radius 2 is 2.15 bits per heavy atom. The number of esters is 1. The van der Waals surface area contributed by atoms with Crippen molar-refractivity contribution in [2.45, 2.75) is 31.7 Å². The molecule has 0 atom stereocenters. The number of hydrogen-bond acceptors (Lipinski definition) is 4. The number of rotatable bonds is 3. The van der Waals surface area contributed by atoms with Crippen molar-refractivity contribution in [1.82, 2.24) is 0 Å². The van der Waals surface area contributed by atoms with Crippen LogP contribution in [-0.2, 0) is 14.3 Å². The van der Waals surface area contributed by atoms with E-state index in [9.17, 15) is 4.79 Å². The van der Waals surface area contributed by atoms with E-state index in [1.54, 1.807) is 6.92 Å². The van der Waals surface area contributed by atoms with Crippen LogP contribution in [0.15, 0.2) is 0 Å². The number of ether oxygens (including phenoxy) is 2. The molecular formula is C9H17NO3. The highest BCUT2D eigenvalue weighted by molar-refractivity contribution is 5.70. The average molecular weight is 187 g/mol. The molecule has 0 aromatic carbocycles. The Hall–Kier alpha value is -0.610. The summed E-state index contributed by atoms with van der Waals surface area (Å²) in [6, 6.07) is 0. The number of carbonyl (C=O) groups excluding carboxylic acids is 1. The van der Waals surface area contributed by atoms with Gasteiger partial charge in [0.2, 0.25) is 0 Å². The fourth-order valence-corrected chi connectivity index (χ4v) is 1.45. The summed E-state index contributed by atoms with van der Waals surface area (Å²) in [4.78, 5) is 11.2. The summed E-state index contributed by atoms with van der Waals surface area (Å²) < 4.78 is 10.0. The second kappa shape index (κ2) is 4.58. The maximum Gasteiger partial charge on any atom is 0.307 e. The van der Waals surface area contributed by atoms with Gasteiger partial charge in [-0.25, -0.2) is 0 Å². The highest BCUT2D eigenvalue weighted by Crippen LogP contribution is 2.21. The van der Waals surface area contributed by atoms with Crippen LogP contribution in [0.1, 0.15) is 26.2 Å². The van der Waals surface area contributed by atoms with Crippen molar-refractivity contribution in [3.05, 3.63) is 0 Å². The van der Waals surface area contributed by atoms with Crippen molar-refractivity contribution in [3.8, 4) is 0 Å². The molecule has 0 bridgehead atoms. The zero-order valence-corrected chi connectivity index (χ0v) is 8.04. The third-order valence-corrected chi connectivity index (χ3v) is 2.29. The lowest BCUT2D eigenvalue weighted by atomic mass is 9.88. The van der Waals surface area contributed by atoms with Gasteiger partial charge in [-0.05, 0) is 19.8 Å². The van der Waals surface area contributed by atoms with Crippen molar-refractivity contribution >= 4 is 5.97 Å². The molecule has 0 radical (unpaired) electrons. The van der Waals surface area contributed by atoms with E-state index in [1.165, 1.54) is 0 Å². The molecule has 0 saturated carbocycles. The highest BCUT2D eigenvalue weighted by Gasteiger charge is 2.31. The number of nitrogens with two attached hydrogens (primary N) is 1. The van der Waals surface area contributed by atoms with E-state index in [4.69, 9.17) is 15.2 Å². The number of carbonyl (C=O) groups is 1. The topological polar surface area (TPSA) is 61.5 Å². The predicted octanol–water partition coefficient (Wildman–Crippen LogP) is 0.448. The lowest BCUT2D eigenvalue weighted by molar-refractivity contribution is -0.145. The quantitative estimate of drug-likeness (QED) is 0.651. The molecule has 13 heavy (non-hydrogen) atoms. The molecule has 0 aliphatic carbocycles. The Balaban J connectivity index is 2.36. The summed E-state index contributed by atoms with van der Waals surface area (Å²) in [5.74, 6) is -0.202. The van der Waals surface area contributed by atoms with Crippen LogP contribution in [0.25, 0.3) is 0 Å². The average Bonchev–Trinajstić information content (AvgIpc) is 2.04. The molecule has 0 spiro atoms. The summed E-state index contributed by atoms with van der Waals surface area (Å²) in [5.41, 5.74) is 5.61. The van der Waals surface area contributed by atoms with Crippen molar-refractivity contribution in [1.29, 1.82) is 0 Å². The minimum Gasteiger partial charge on any atom is -0.466 e. The van der Waals surface area contributed by atoms with Crippen molar-refractivity contribution < 1.29 is 14.3 Å². The Morgan fingerprint density at radius 1 is 1.54 bits per heavy atom. The summed E-state index contributed by atoms with van der Waals surface area (Å²) in [7, 11) is 0. The maximum atomic E-state index is 11.2. The fourth-order valence-electron chi connectivity index (χ4n) is 1.45. The zero-order chi connectivity index (χ0) is 9.73. The highest BCUT2D eigenvalue weighted by atomic mass is 16.5. The van der Waals surface area contributed by atoms with E-state index in [2.05, 4.69) is 0 Å². The lowest BCUT2D eigenvalue weighted by Crippen LogP contribution is -2.46. The first-order chi connectivity index (χ1) is 6.16. The van der Waals surface area contributed by atoms with E-state index in [-0.39, 0.29) is 5.97 Å². The summed E-state index contributed by atoms with van der Waals surface area (Å²) in [6.07, 6.45) is 1.79. The van der Waals surface area contributed by atoms with Crippen LogP contribution in [0.3, 0.4) is 0 Å². The van der Waals surface area contributed by atoms with Crippen LogP contribution in [0.5, 0.6) is 0 Å². The van der Waals surface area contributed by atoms with Gasteiger partial charge in [0, 0.05) is 18.8 Å². The molecule has 1 aliphatic heterocycles. The van der Waals surface area contributed by atoms with Gasteiger partial charge in [0.25, 0.3) is 0 Å². The molecule has 0 unspecified atom stereocenters. The Labute approximate surface area is 78.4 Å². The summed E-state index contributed by atoms with van der Waals surface area (Å²) in [6.45, 7) is 3.52. The van der Waals surface area contributed by atoms with Crippen molar-refractivity contribution in [3.63, 3.8) is 0 Å². The van der Waals surface area contributed by atoms with Crippen LogP contribution >= 0.6 is 0 Å². The SMILES string of the molecule is CCOC(=O)CC1(N)CCOCC1. The van der Waals surface area contributed by atoms with Crippen LogP contribution < -0.4 is 5.73 Å². The summed E-state index contributed by atoms with van der Waals surface area (Å²) in [5, 5.41) is 0. The molecular weight excluding hydrogens is 170 g/mol. The standard InChI is InChI=1S/C9H17NO3/c1-2-13-8(11)7-9(10)3-5-12-6-4-9/h2-7,10H2,1H3. The third-order valence-electron chi connectivity index (χ3n) is 2.29. The molecule has 0 aromatic heterocycles. The van der Waals surface area contributed by atoms with E-state index >= 15 is 0 Å². The molecule has 4 heteroatoms. The first-order valence-corrected chi connectivity index (χ1v) is 4.68. The van der Waals surface area contributed by atoms with Crippen LogP contribution in [-0.4, -0.2) is 31.3 Å². The van der Waals surface area contributed by atoms with Gasteiger partial charge in [-0.2, -0.15) is 0 Å². The lowest BCUT2D eigenvalue weighted by Gasteiger charge is -2.32. The van der Waals surface area contributed by atoms with E-state index in [0.29, 0.717) is 26.2 Å². The molecule has 0 amide bonds. The largest absolute Gasteiger partial charge is 0.466 e. The van der Waals surface area contributed by atoms with Gasteiger partial charge in [-0.15, -0.1) is 0 Å². The number of hydrogen-bond donors (Lipinski definition) is 1. The normalized spacial score (nSPS) is 21.1. The van der Waals surface area contributed by atoms with Gasteiger partial charge in [0.15, 0.2) is 0 Å². The molecule has 1 saturated heterocycles. The zero-order valence-electron chi connectivity index (χ0n) is 8.04.